The number of hydrogen-bond acceptors (Lipinski definition) is 6. The van der Waals surface area contributed by atoms with Gasteiger partial charge >= 0.3 is 0 Å². The Labute approximate surface area is 157 Å². The number of fused-ring (bicyclic) bond motifs is 1. The lowest BCUT2D eigenvalue weighted by Crippen LogP contribution is -2.12. The molecule has 0 aliphatic heterocycles. The van der Waals surface area contributed by atoms with Gasteiger partial charge in [-0.15, -0.1) is 16.4 Å². The molecule has 26 heavy (non-hydrogen) atoms. The van der Waals surface area contributed by atoms with Crippen LogP contribution >= 0.6 is 23.1 Å². The van der Waals surface area contributed by atoms with E-state index in [0.717, 1.165) is 27.3 Å². The van der Waals surface area contributed by atoms with Gasteiger partial charge in [-0.25, -0.2) is 14.6 Å². The maximum Gasteiger partial charge on any atom is 0.258 e. The summed E-state index contributed by atoms with van der Waals surface area (Å²) in [4.78, 5) is 22.1. The summed E-state index contributed by atoms with van der Waals surface area (Å²) < 4.78 is 3.51. The second-order valence-corrected chi connectivity index (χ2v) is 8.02. The highest BCUT2D eigenvalue weighted by molar-refractivity contribution is 7.98. The normalized spacial score (nSPS) is 14.2. The van der Waals surface area contributed by atoms with Crippen molar-refractivity contribution in [1.29, 1.82) is 0 Å². The minimum atomic E-state index is -0.0479. The molecule has 3 aromatic heterocycles. The molecule has 0 spiro atoms. The molecule has 6 nitrogen and oxygen atoms in total. The zero-order valence-corrected chi connectivity index (χ0v) is 15.4. The van der Waals surface area contributed by atoms with Gasteiger partial charge in [-0.3, -0.25) is 9.20 Å². The van der Waals surface area contributed by atoms with Gasteiger partial charge in [0.2, 0.25) is 5.16 Å². The third-order valence-electron chi connectivity index (χ3n) is 4.26. The topological polar surface area (TPSA) is 65.1 Å². The second kappa shape index (κ2) is 6.37. The van der Waals surface area contributed by atoms with E-state index in [1.165, 1.54) is 35.9 Å². The van der Waals surface area contributed by atoms with Crippen molar-refractivity contribution in [3.8, 4) is 5.69 Å². The smallest absolute Gasteiger partial charge is 0.258 e. The third-order valence-corrected chi connectivity index (χ3v) is 5.89. The number of benzene rings is 1. The summed E-state index contributed by atoms with van der Waals surface area (Å²) in [6.07, 6.45) is 4.09. The van der Waals surface area contributed by atoms with E-state index in [1.807, 2.05) is 40.4 Å². The Morgan fingerprint density at radius 3 is 2.85 bits per heavy atom. The van der Waals surface area contributed by atoms with Gasteiger partial charge in [0.25, 0.3) is 5.56 Å². The van der Waals surface area contributed by atoms with Crippen LogP contribution in [0.3, 0.4) is 0 Å². The van der Waals surface area contributed by atoms with Gasteiger partial charge in [0.05, 0.1) is 11.4 Å². The van der Waals surface area contributed by atoms with E-state index in [2.05, 4.69) is 4.98 Å². The van der Waals surface area contributed by atoms with Crippen molar-refractivity contribution in [1.82, 2.24) is 24.1 Å². The molecule has 0 N–H and O–H groups in total. The fourth-order valence-electron chi connectivity index (χ4n) is 2.83. The first-order chi connectivity index (χ1) is 12.8. The predicted molar refractivity (Wildman–Crippen MR) is 102 cm³/mol. The van der Waals surface area contributed by atoms with Crippen LogP contribution in [0.4, 0.5) is 0 Å². The zero-order valence-electron chi connectivity index (χ0n) is 13.8. The lowest BCUT2D eigenvalue weighted by atomic mass is 10.3. The van der Waals surface area contributed by atoms with E-state index in [-0.39, 0.29) is 5.56 Å². The molecule has 1 aromatic carbocycles. The standard InChI is InChI=1S/C18H15N5OS2/c24-15-10-13(19-18-22(15)8-9-25-18)11-26-17-20-16(12-6-7-12)23(21-17)14-4-2-1-3-5-14/h1-5,8-10,12H,6-7,11H2. The predicted octanol–water partition coefficient (Wildman–Crippen LogP) is 3.51. The number of nitrogens with zero attached hydrogens (tertiary/aromatic N) is 5. The lowest BCUT2D eigenvalue weighted by molar-refractivity contribution is 0.782. The fourth-order valence-corrected chi connectivity index (χ4v) is 4.29. The minimum absolute atomic E-state index is 0.0479. The van der Waals surface area contributed by atoms with Crippen molar-refractivity contribution in [2.24, 2.45) is 0 Å². The van der Waals surface area contributed by atoms with Crippen molar-refractivity contribution < 1.29 is 0 Å². The Morgan fingerprint density at radius 2 is 2.04 bits per heavy atom. The highest BCUT2D eigenvalue weighted by atomic mass is 32.2. The van der Waals surface area contributed by atoms with E-state index in [0.29, 0.717) is 11.7 Å². The van der Waals surface area contributed by atoms with Crippen molar-refractivity contribution in [2.45, 2.75) is 29.7 Å². The molecule has 0 unspecified atom stereocenters. The number of hydrogen-bond donors (Lipinski definition) is 0. The Balaban J connectivity index is 1.42. The van der Waals surface area contributed by atoms with E-state index >= 15 is 0 Å². The molecule has 0 amide bonds. The average Bonchev–Trinajstić information content (AvgIpc) is 3.24. The van der Waals surface area contributed by atoms with E-state index in [9.17, 15) is 4.79 Å². The summed E-state index contributed by atoms with van der Waals surface area (Å²) in [7, 11) is 0. The molecule has 0 atom stereocenters. The Morgan fingerprint density at radius 1 is 1.19 bits per heavy atom. The molecule has 130 valence electrons. The molecule has 0 radical (unpaired) electrons. The zero-order chi connectivity index (χ0) is 17.5. The molecule has 1 saturated carbocycles. The van der Waals surface area contributed by atoms with Gasteiger partial charge in [-0.05, 0) is 25.0 Å². The number of aromatic nitrogens is 5. The van der Waals surface area contributed by atoms with Crippen LogP contribution in [0, 0.1) is 0 Å². The molecule has 5 rings (SSSR count). The lowest BCUT2D eigenvalue weighted by Gasteiger charge is -2.03. The summed E-state index contributed by atoms with van der Waals surface area (Å²) in [5, 5.41) is 7.28. The average molecular weight is 381 g/mol. The van der Waals surface area contributed by atoms with Crippen molar-refractivity contribution >= 4 is 28.1 Å². The van der Waals surface area contributed by atoms with Crippen LogP contribution < -0.4 is 5.56 Å². The maximum atomic E-state index is 12.1. The van der Waals surface area contributed by atoms with Gasteiger partial charge in [0.1, 0.15) is 5.82 Å². The first kappa shape index (κ1) is 15.8. The number of thioether (sulfide) groups is 1. The van der Waals surface area contributed by atoms with Crippen molar-refractivity contribution in [3.63, 3.8) is 0 Å². The molecule has 1 aliphatic rings. The number of rotatable bonds is 5. The van der Waals surface area contributed by atoms with Crippen LogP contribution in [0.2, 0.25) is 0 Å². The summed E-state index contributed by atoms with van der Waals surface area (Å²) in [6.45, 7) is 0. The monoisotopic (exact) mass is 381 g/mol. The van der Waals surface area contributed by atoms with Crippen molar-refractivity contribution in [2.75, 3.05) is 0 Å². The molecule has 1 fully saturated rings. The molecule has 8 heteroatoms. The van der Waals surface area contributed by atoms with E-state index in [4.69, 9.17) is 10.1 Å². The van der Waals surface area contributed by atoms with Crippen LogP contribution in [0.15, 0.2) is 57.9 Å². The van der Waals surface area contributed by atoms with Gasteiger partial charge in [0.15, 0.2) is 4.96 Å². The number of thiazole rings is 1. The number of para-hydroxylation sites is 1. The molecule has 0 saturated heterocycles. The molecule has 1 aliphatic carbocycles. The SMILES string of the molecule is O=c1cc(CSc2nc(C3CC3)n(-c3ccccc3)n2)nc2sccn12. The largest absolute Gasteiger partial charge is 0.269 e. The highest BCUT2D eigenvalue weighted by Gasteiger charge is 2.30. The molecule has 0 bridgehead atoms. The minimum Gasteiger partial charge on any atom is -0.269 e. The third kappa shape index (κ3) is 2.95. The quantitative estimate of drug-likeness (QED) is 0.495. The molecule has 3 heterocycles. The maximum absolute atomic E-state index is 12.1. The van der Waals surface area contributed by atoms with E-state index in [1.54, 1.807) is 16.7 Å². The molecule has 4 aromatic rings. The van der Waals surface area contributed by atoms with Crippen LogP contribution in [0.25, 0.3) is 10.6 Å². The Bertz CT molecular complexity index is 1130. The first-order valence-electron chi connectivity index (χ1n) is 8.39. The van der Waals surface area contributed by atoms with Crippen molar-refractivity contribution in [3.05, 3.63) is 69.8 Å². The summed E-state index contributed by atoms with van der Waals surface area (Å²) in [5.41, 5.74) is 1.74. The van der Waals surface area contributed by atoms with Gasteiger partial charge in [-0.2, -0.15) is 0 Å². The Kier molecular flexibility index (Phi) is 3.86. The molecular weight excluding hydrogens is 366 g/mol. The Hall–Kier alpha value is -2.45. The van der Waals surface area contributed by atoms with Gasteiger partial charge < -0.3 is 0 Å². The van der Waals surface area contributed by atoms with Gasteiger partial charge in [-0.1, -0.05) is 30.0 Å². The van der Waals surface area contributed by atoms with E-state index < -0.39 is 0 Å². The summed E-state index contributed by atoms with van der Waals surface area (Å²) in [6, 6.07) is 11.7. The fraction of sp³-hybridized carbons (Fsp3) is 0.222. The summed E-state index contributed by atoms with van der Waals surface area (Å²) >= 11 is 2.98. The molecular formula is C18H15N5OS2. The first-order valence-corrected chi connectivity index (χ1v) is 10.3. The highest BCUT2D eigenvalue weighted by Crippen LogP contribution is 2.40. The van der Waals surface area contributed by atoms with Crippen LogP contribution in [0.5, 0.6) is 0 Å². The van der Waals surface area contributed by atoms with Crippen LogP contribution in [0.1, 0.15) is 30.3 Å². The van der Waals surface area contributed by atoms with Crippen LogP contribution in [-0.4, -0.2) is 24.1 Å². The second-order valence-electron chi connectivity index (χ2n) is 6.20. The van der Waals surface area contributed by atoms with Crippen LogP contribution in [-0.2, 0) is 5.75 Å². The summed E-state index contributed by atoms with van der Waals surface area (Å²) in [5.74, 6) is 2.11. The van der Waals surface area contributed by atoms with Gasteiger partial charge in [0, 0.05) is 29.3 Å².